The number of hydrogen-bond acceptors (Lipinski definition) is 3. The van der Waals surface area contributed by atoms with Gasteiger partial charge in [-0.15, -0.1) is 0 Å². The van der Waals surface area contributed by atoms with Gasteiger partial charge in [-0.3, -0.25) is 9.59 Å². The van der Waals surface area contributed by atoms with Gasteiger partial charge in [0.1, 0.15) is 0 Å². The van der Waals surface area contributed by atoms with Gasteiger partial charge in [0.25, 0.3) is 5.91 Å². The summed E-state index contributed by atoms with van der Waals surface area (Å²) in [5.41, 5.74) is 2.96. The monoisotopic (exact) mass is 397 g/mol. The van der Waals surface area contributed by atoms with E-state index < -0.39 is 0 Å². The molecule has 2 rings (SSSR count). The summed E-state index contributed by atoms with van der Waals surface area (Å²) >= 11 is 5.20. The fraction of sp³-hybridized carbons (Fsp3) is 0.318. The molecule has 28 heavy (non-hydrogen) atoms. The van der Waals surface area contributed by atoms with Gasteiger partial charge >= 0.3 is 0 Å². The van der Waals surface area contributed by atoms with E-state index in [2.05, 4.69) is 22.9 Å². The number of thiocarbonyl (C=S) groups is 1. The average Bonchev–Trinajstić information content (AvgIpc) is 2.65. The van der Waals surface area contributed by atoms with Crippen LogP contribution in [-0.4, -0.2) is 16.9 Å². The molecule has 2 aromatic carbocycles. The molecule has 2 amide bonds. The lowest BCUT2D eigenvalue weighted by molar-refractivity contribution is -0.119. The fourth-order valence-electron chi connectivity index (χ4n) is 2.73. The van der Waals surface area contributed by atoms with E-state index in [1.54, 1.807) is 24.3 Å². The molecule has 0 bridgehead atoms. The van der Waals surface area contributed by atoms with Crippen LogP contribution in [0.15, 0.2) is 48.5 Å². The van der Waals surface area contributed by atoms with Crippen LogP contribution in [0.3, 0.4) is 0 Å². The molecule has 3 N–H and O–H groups in total. The minimum atomic E-state index is -0.208. The van der Waals surface area contributed by atoms with Crippen LogP contribution in [0.2, 0.25) is 0 Å². The molecule has 0 saturated carbocycles. The summed E-state index contributed by atoms with van der Waals surface area (Å²) in [4.78, 5) is 24.4. The van der Waals surface area contributed by atoms with E-state index in [-0.39, 0.29) is 16.9 Å². The van der Waals surface area contributed by atoms with Crippen LogP contribution in [0.25, 0.3) is 0 Å². The second-order valence-electron chi connectivity index (χ2n) is 6.72. The smallest absolute Gasteiger partial charge is 0.255 e. The number of amides is 2. The minimum Gasteiger partial charge on any atom is -0.332 e. The highest BCUT2D eigenvalue weighted by Crippen LogP contribution is 2.15. The average molecular weight is 398 g/mol. The molecule has 0 saturated heterocycles. The molecule has 0 aliphatic rings. The summed E-state index contributed by atoms with van der Waals surface area (Å²) < 4.78 is 0. The number of nitrogens with one attached hydrogen (secondary N) is 3. The molecule has 0 aliphatic heterocycles. The zero-order chi connectivity index (χ0) is 20.4. The Bertz CT molecular complexity index is 836. The van der Waals surface area contributed by atoms with Gasteiger partial charge in [0.2, 0.25) is 5.91 Å². The van der Waals surface area contributed by atoms with Crippen LogP contribution in [0, 0.1) is 6.92 Å². The molecule has 0 fully saturated rings. The van der Waals surface area contributed by atoms with Crippen LogP contribution in [0.1, 0.15) is 54.9 Å². The Kier molecular flexibility index (Phi) is 8.62. The zero-order valence-corrected chi connectivity index (χ0v) is 17.2. The summed E-state index contributed by atoms with van der Waals surface area (Å²) in [7, 11) is 0. The summed E-state index contributed by atoms with van der Waals surface area (Å²) in [6.45, 7) is 4.10. The third-order valence-corrected chi connectivity index (χ3v) is 4.37. The topological polar surface area (TPSA) is 70.2 Å². The number of rotatable bonds is 8. The molecule has 148 valence electrons. The first-order valence-electron chi connectivity index (χ1n) is 9.57. The van der Waals surface area contributed by atoms with E-state index in [9.17, 15) is 9.59 Å². The van der Waals surface area contributed by atoms with Crippen LogP contribution >= 0.6 is 12.2 Å². The van der Waals surface area contributed by atoms with Crippen molar-refractivity contribution in [2.45, 2.75) is 46.0 Å². The molecule has 0 aromatic heterocycles. The molecular formula is C22H27N3O2S. The molecule has 6 heteroatoms. The summed E-state index contributed by atoms with van der Waals surface area (Å²) in [6.07, 6.45) is 4.63. The highest BCUT2D eigenvalue weighted by atomic mass is 32.1. The Morgan fingerprint density at radius 1 is 0.929 bits per heavy atom. The van der Waals surface area contributed by atoms with Crippen molar-refractivity contribution < 1.29 is 9.59 Å². The van der Waals surface area contributed by atoms with Crippen molar-refractivity contribution in [2.24, 2.45) is 0 Å². The van der Waals surface area contributed by atoms with Crippen LogP contribution in [-0.2, 0) is 4.79 Å². The quantitative estimate of drug-likeness (QED) is 0.432. The van der Waals surface area contributed by atoms with Gasteiger partial charge in [-0.2, -0.15) is 0 Å². The predicted octanol–water partition coefficient (Wildman–Crippen LogP) is 5.03. The largest absolute Gasteiger partial charge is 0.332 e. The number of aryl methyl sites for hydroxylation is 1. The van der Waals surface area contributed by atoms with Crippen molar-refractivity contribution in [1.29, 1.82) is 0 Å². The zero-order valence-electron chi connectivity index (χ0n) is 16.4. The minimum absolute atomic E-state index is 0.0954. The Morgan fingerprint density at radius 2 is 1.64 bits per heavy atom. The highest BCUT2D eigenvalue weighted by molar-refractivity contribution is 7.80. The van der Waals surface area contributed by atoms with Gasteiger partial charge in [-0.05, 0) is 61.5 Å². The first-order valence-corrected chi connectivity index (χ1v) is 9.97. The third kappa shape index (κ3) is 7.48. The van der Waals surface area contributed by atoms with E-state index >= 15 is 0 Å². The molecule has 0 spiro atoms. The number of hydrogen-bond donors (Lipinski definition) is 3. The lowest BCUT2D eigenvalue weighted by atomic mass is 10.1. The van der Waals surface area contributed by atoms with Crippen molar-refractivity contribution in [3.8, 4) is 0 Å². The van der Waals surface area contributed by atoms with Crippen molar-refractivity contribution in [1.82, 2.24) is 5.32 Å². The molecule has 0 atom stereocenters. The third-order valence-electron chi connectivity index (χ3n) is 4.17. The summed E-state index contributed by atoms with van der Waals surface area (Å²) in [6, 6.07) is 14.6. The normalized spacial score (nSPS) is 10.2. The second kappa shape index (κ2) is 11.2. The van der Waals surface area contributed by atoms with Crippen molar-refractivity contribution in [3.63, 3.8) is 0 Å². The molecule has 0 heterocycles. The first-order chi connectivity index (χ1) is 13.5. The van der Waals surface area contributed by atoms with Crippen molar-refractivity contribution in [2.75, 3.05) is 10.6 Å². The van der Waals surface area contributed by atoms with Gasteiger partial charge in [-0.1, -0.05) is 44.4 Å². The van der Waals surface area contributed by atoms with Crippen LogP contribution in [0.4, 0.5) is 11.4 Å². The number of benzene rings is 2. The SMILES string of the molecule is CCCCCCC(=O)NC(=S)Nc1cccc(C(=O)Nc2cccc(C)c2)c1. The van der Waals surface area contributed by atoms with E-state index in [4.69, 9.17) is 12.2 Å². The number of carbonyl (C=O) groups excluding carboxylic acids is 2. The second-order valence-corrected chi connectivity index (χ2v) is 7.13. The van der Waals surface area contributed by atoms with Gasteiger partial charge in [0.05, 0.1) is 0 Å². The van der Waals surface area contributed by atoms with E-state index in [1.165, 1.54) is 0 Å². The van der Waals surface area contributed by atoms with E-state index in [1.807, 2.05) is 31.2 Å². The van der Waals surface area contributed by atoms with Crippen molar-refractivity contribution in [3.05, 3.63) is 59.7 Å². The Balaban J connectivity index is 1.89. The maximum absolute atomic E-state index is 12.5. The summed E-state index contributed by atoms with van der Waals surface area (Å²) in [5, 5.41) is 8.75. The van der Waals surface area contributed by atoms with Gasteiger partial charge in [-0.25, -0.2) is 0 Å². The van der Waals surface area contributed by atoms with Gasteiger partial charge < -0.3 is 16.0 Å². The standard InChI is InChI=1S/C22H27N3O2S/c1-3-4-5-6-13-20(26)25-22(28)24-19-12-8-10-17(15-19)21(27)23-18-11-7-9-16(2)14-18/h7-12,14-15H,3-6,13H2,1-2H3,(H,23,27)(H2,24,25,26,28). The molecular weight excluding hydrogens is 370 g/mol. The predicted molar refractivity (Wildman–Crippen MR) is 119 cm³/mol. The molecule has 0 aliphatic carbocycles. The molecule has 0 unspecified atom stereocenters. The van der Waals surface area contributed by atoms with E-state index in [0.29, 0.717) is 17.7 Å². The Hall–Kier alpha value is -2.73. The lowest BCUT2D eigenvalue weighted by Crippen LogP contribution is -2.34. The Labute approximate surface area is 171 Å². The molecule has 0 radical (unpaired) electrons. The number of anilines is 2. The maximum atomic E-state index is 12.5. The number of carbonyl (C=O) groups is 2. The Morgan fingerprint density at radius 3 is 2.36 bits per heavy atom. The van der Waals surface area contributed by atoms with E-state index in [0.717, 1.165) is 36.9 Å². The fourth-order valence-corrected chi connectivity index (χ4v) is 2.96. The van der Waals surface area contributed by atoms with Crippen LogP contribution in [0.5, 0.6) is 0 Å². The van der Waals surface area contributed by atoms with Crippen LogP contribution < -0.4 is 16.0 Å². The molecule has 5 nitrogen and oxygen atoms in total. The maximum Gasteiger partial charge on any atom is 0.255 e. The lowest BCUT2D eigenvalue weighted by Gasteiger charge is -2.11. The summed E-state index contributed by atoms with van der Waals surface area (Å²) in [5.74, 6) is -0.304. The number of unbranched alkanes of at least 4 members (excludes halogenated alkanes) is 3. The first kappa shape index (κ1) is 21.6. The molecule has 2 aromatic rings. The van der Waals surface area contributed by atoms with Gasteiger partial charge in [0.15, 0.2) is 5.11 Å². The van der Waals surface area contributed by atoms with Gasteiger partial charge in [0, 0.05) is 23.4 Å². The van der Waals surface area contributed by atoms with Crippen molar-refractivity contribution >= 4 is 40.5 Å². The highest BCUT2D eigenvalue weighted by Gasteiger charge is 2.09.